The van der Waals surface area contributed by atoms with Crippen molar-refractivity contribution in [1.29, 1.82) is 0 Å². The Bertz CT molecular complexity index is 646. The fraction of sp³-hybridized carbons (Fsp3) is 0.500. The number of hydrogen-bond donors (Lipinski definition) is 1. The number of rotatable bonds is 7. The fourth-order valence-electron chi connectivity index (χ4n) is 1.60. The molecule has 0 aliphatic carbocycles. The quantitative estimate of drug-likeness (QED) is 0.540. The minimum atomic E-state index is -6.73. The molecule has 0 bridgehead atoms. The molecule has 150 valence electrons. The number of nitrogens with two attached hydrogens (primary N) is 1. The van der Waals surface area contributed by atoms with Gasteiger partial charge in [-0.25, -0.2) is 17.6 Å². The van der Waals surface area contributed by atoms with E-state index in [0.717, 1.165) is 0 Å². The van der Waals surface area contributed by atoms with Crippen LogP contribution < -0.4 is 10.5 Å². The lowest BCUT2D eigenvalue weighted by Gasteiger charge is -2.32. The van der Waals surface area contributed by atoms with Crippen LogP contribution in [0.4, 0.5) is 52.7 Å². The van der Waals surface area contributed by atoms with Gasteiger partial charge in [-0.3, -0.25) is 0 Å². The van der Waals surface area contributed by atoms with Crippen molar-refractivity contribution in [2.75, 3.05) is 6.61 Å². The third kappa shape index (κ3) is 3.38. The molecule has 2 N–H and O–H groups in total. The van der Waals surface area contributed by atoms with Crippen LogP contribution in [0.5, 0.6) is 5.75 Å². The van der Waals surface area contributed by atoms with Gasteiger partial charge in [0, 0.05) is 12.1 Å². The van der Waals surface area contributed by atoms with Crippen LogP contribution in [0.15, 0.2) is 0 Å². The lowest BCUT2D eigenvalue weighted by molar-refractivity contribution is -0.342. The van der Waals surface area contributed by atoms with Gasteiger partial charge in [0.15, 0.2) is 24.0 Å². The van der Waals surface area contributed by atoms with Crippen LogP contribution in [0, 0.1) is 23.3 Å². The molecule has 0 radical (unpaired) electrons. The zero-order valence-corrected chi connectivity index (χ0v) is 12.0. The number of halogens is 12. The molecule has 26 heavy (non-hydrogen) atoms. The Hall–Kier alpha value is -1.86. The molecule has 0 saturated heterocycles. The summed E-state index contributed by atoms with van der Waals surface area (Å²) < 4.78 is 159. The van der Waals surface area contributed by atoms with Gasteiger partial charge in [-0.2, -0.15) is 35.1 Å². The van der Waals surface area contributed by atoms with Crippen LogP contribution in [0.3, 0.4) is 0 Å². The highest BCUT2D eigenvalue weighted by Crippen LogP contribution is 2.48. The van der Waals surface area contributed by atoms with Crippen molar-refractivity contribution in [3.63, 3.8) is 0 Å². The molecule has 0 unspecified atom stereocenters. The number of hydrogen-bond acceptors (Lipinski definition) is 2. The topological polar surface area (TPSA) is 35.2 Å². The molecule has 0 aliphatic heterocycles. The normalized spacial score (nSPS) is 13.5. The maximum Gasteiger partial charge on any atom is 0.381 e. The summed E-state index contributed by atoms with van der Waals surface area (Å²) in [6, 6.07) is 0. The Morgan fingerprint density at radius 2 is 1.23 bits per heavy atom. The van der Waals surface area contributed by atoms with Crippen molar-refractivity contribution < 1.29 is 57.4 Å². The van der Waals surface area contributed by atoms with E-state index in [4.69, 9.17) is 5.73 Å². The zero-order chi connectivity index (χ0) is 20.7. The van der Waals surface area contributed by atoms with Crippen LogP contribution in [0.25, 0.3) is 0 Å². The molecule has 1 aromatic rings. The number of benzene rings is 1. The summed E-state index contributed by atoms with van der Waals surface area (Å²) in [6.45, 7) is -4.10. The maximum atomic E-state index is 13.5. The minimum absolute atomic E-state index is 1.10. The summed E-state index contributed by atoms with van der Waals surface area (Å²) >= 11 is 0. The molecule has 0 amide bonds. The lowest BCUT2D eigenvalue weighted by Crippen LogP contribution is -2.59. The van der Waals surface area contributed by atoms with Crippen LogP contribution >= 0.6 is 0 Å². The fourth-order valence-corrected chi connectivity index (χ4v) is 1.60. The Labute approximate surface area is 136 Å². The van der Waals surface area contributed by atoms with Crippen molar-refractivity contribution in [2.24, 2.45) is 5.73 Å². The largest absolute Gasteiger partial charge is 0.481 e. The molecular weight excluding hydrogens is 402 g/mol. The number of ether oxygens (including phenoxy) is 1. The first-order chi connectivity index (χ1) is 11.6. The second-order valence-electron chi connectivity index (χ2n) is 4.76. The first kappa shape index (κ1) is 22.2. The Morgan fingerprint density at radius 1 is 0.808 bits per heavy atom. The molecule has 0 atom stereocenters. The van der Waals surface area contributed by atoms with Crippen molar-refractivity contribution in [2.45, 2.75) is 30.7 Å². The van der Waals surface area contributed by atoms with Crippen molar-refractivity contribution >= 4 is 0 Å². The molecule has 0 aliphatic rings. The standard InChI is InChI=1S/C12H7F12NO/c13-4-3(1-25)5(14)7(16)8(6(4)15)26-2-10(19,20)12(23,24)11(21,22)9(17)18/h9H,1-2,25H2. The highest BCUT2D eigenvalue weighted by atomic mass is 19.4. The van der Waals surface area contributed by atoms with Gasteiger partial charge in [0.25, 0.3) is 0 Å². The highest BCUT2D eigenvalue weighted by Gasteiger charge is 2.75. The van der Waals surface area contributed by atoms with E-state index < -0.39 is 71.9 Å². The zero-order valence-electron chi connectivity index (χ0n) is 12.0. The van der Waals surface area contributed by atoms with Gasteiger partial charge in [-0.15, -0.1) is 0 Å². The SMILES string of the molecule is NCc1c(F)c(F)c(OCC(F)(F)C(F)(F)C(F)(F)C(F)F)c(F)c1F. The predicted molar refractivity (Wildman–Crippen MR) is 60.5 cm³/mol. The average Bonchev–Trinajstić information content (AvgIpc) is 2.53. The van der Waals surface area contributed by atoms with E-state index >= 15 is 0 Å². The van der Waals surface area contributed by atoms with E-state index in [-0.39, 0.29) is 0 Å². The summed E-state index contributed by atoms with van der Waals surface area (Å²) in [7, 11) is 0. The van der Waals surface area contributed by atoms with Gasteiger partial charge < -0.3 is 10.5 Å². The van der Waals surface area contributed by atoms with E-state index in [1.54, 1.807) is 0 Å². The van der Waals surface area contributed by atoms with E-state index in [9.17, 15) is 52.7 Å². The van der Waals surface area contributed by atoms with E-state index in [1.165, 1.54) is 0 Å². The molecule has 1 aromatic carbocycles. The molecule has 14 heteroatoms. The molecule has 0 heterocycles. The van der Waals surface area contributed by atoms with Crippen LogP contribution in [-0.2, 0) is 6.54 Å². The Morgan fingerprint density at radius 3 is 1.58 bits per heavy atom. The second-order valence-corrected chi connectivity index (χ2v) is 4.76. The first-order valence-corrected chi connectivity index (χ1v) is 6.22. The molecule has 0 spiro atoms. The molecule has 0 aromatic heterocycles. The lowest BCUT2D eigenvalue weighted by atomic mass is 10.1. The van der Waals surface area contributed by atoms with Crippen LogP contribution in [0.1, 0.15) is 5.56 Å². The van der Waals surface area contributed by atoms with Gasteiger partial charge in [0.2, 0.25) is 11.6 Å². The second kappa shape index (κ2) is 7.04. The Kier molecular flexibility index (Phi) is 6.01. The smallest absolute Gasteiger partial charge is 0.381 e. The summed E-state index contributed by atoms with van der Waals surface area (Å²) in [6.07, 6.45) is -5.23. The van der Waals surface area contributed by atoms with Gasteiger partial charge in [0.1, 0.15) is 0 Å². The summed E-state index contributed by atoms with van der Waals surface area (Å²) in [4.78, 5) is 0. The average molecular weight is 409 g/mol. The van der Waals surface area contributed by atoms with Gasteiger partial charge >= 0.3 is 24.2 Å². The summed E-state index contributed by atoms with van der Waals surface area (Å²) in [5.41, 5.74) is 3.41. The molecule has 0 saturated carbocycles. The Balaban J connectivity index is 3.24. The molecule has 0 fully saturated rings. The predicted octanol–water partition coefficient (Wildman–Crippen LogP) is 4.25. The van der Waals surface area contributed by atoms with Crippen molar-refractivity contribution in [1.82, 2.24) is 0 Å². The van der Waals surface area contributed by atoms with E-state index in [2.05, 4.69) is 4.74 Å². The summed E-state index contributed by atoms with van der Waals surface area (Å²) in [5, 5.41) is 0. The summed E-state index contributed by atoms with van der Waals surface area (Å²) in [5.74, 6) is -31.0. The molecular formula is C12H7F12NO. The van der Waals surface area contributed by atoms with Gasteiger partial charge in [-0.05, 0) is 0 Å². The van der Waals surface area contributed by atoms with E-state index in [0.29, 0.717) is 0 Å². The maximum absolute atomic E-state index is 13.5. The van der Waals surface area contributed by atoms with Crippen LogP contribution in [0.2, 0.25) is 0 Å². The monoisotopic (exact) mass is 409 g/mol. The van der Waals surface area contributed by atoms with Crippen molar-refractivity contribution in [3.8, 4) is 5.75 Å². The van der Waals surface area contributed by atoms with Crippen molar-refractivity contribution in [3.05, 3.63) is 28.8 Å². The molecule has 1 rings (SSSR count). The first-order valence-electron chi connectivity index (χ1n) is 6.22. The minimum Gasteiger partial charge on any atom is -0.481 e. The third-order valence-corrected chi connectivity index (χ3v) is 3.07. The van der Waals surface area contributed by atoms with Gasteiger partial charge in [-0.1, -0.05) is 0 Å². The third-order valence-electron chi connectivity index (χ3n) is 3.07. The van der Waals surface area contributed by atoms with Crippen LogP contribution in [-0.4, -0.2) is 30.8 Å². The molecule has 2 nitrogen and oxygen atoms in total. The highest BCUT2D eigenvalue weighted by molar-refractivity contribution is 5.34. The van der Waals surface area contributed by atoms with E-state index in [1.807, 2.05) is 0 Å². The van der Waals surface area contributed by atoms with Gasteiger partial charge in [0.05, 0.1) is 0 Å². The number of alkyl halides is 8.